The number of carbonyl (C=O) groups is 1. The van der Waals surface area contributed by atoms with Crippen molar-refractivity contribution in [3.8, 4) is 0 Å². The minimum Gasteiger partial charge on any atom is -0.373 e. The van der Waals surface area contributed by atoms with Crippen LogP contribution in [-0.4, -0.2) is 26.0 Å². The van der Waals surface area contributed by atoms with E-state index in [0.29, 0.717) is 6.54 Å². The van der Waals surface area contributed by atoms with Gasteiger partial charge in [-0.05, 0) is 24.3 Å². The first-order chi connectivity index (χ1) is 10.1. The predicted molar refractivity (Wildman–Crippen MR) is 78.4 cm³/mol. The molecule has 0 aliphatic rings. The lowest BCUT2D eigenvalue weighted by molar-refractivity contribution is 0.0946. The van der Waals surface area contributed by atoms with Gasteiger partial charge < -0.3 is 10.2 Å². The number of anilines is 1. The van der Waals surface area contributed by atoms with Crippen molar-refractivity contribution in [2.75, 3.05) is 25.0 Å². The lowest BCUT2D eigenvalue weighted by Crippen LogP contribution is -2.33. The van der Waals surface area contributed by atoms with Crippen LogP contribution in [0.3, 0.4) is 0 Å². The Balaban J connectivity index is 1.90. The van der Waals surface area contributed by atoms with Gasteiger partial charge in [0.2, 0.25) is 0 Å². The Morgan fingerprint density at radius 2 is 1.67 bits per heavy atom. The number of likely N-dealkylation sites (N-methyl/N-ethyl adjacent to an activating group) is 1. The number of para-hydroxylation sites is 1. The highest BCUT2D eigenvalue weighted by Gasteiger charge is 2.16. The summed E-state index contributed by atoms with van der Waals surface area (Å²) in [5.41, 5.74) is 0.462. The van der Waals surface area contributed by atoms with Gasteiger partial charge in [-0.3, -0.25) is 4.79 Å². The molecule has 2 rings (SSSR count). The summed E-state index contributed by atoms with van der Waals surface area (Å²) in [6.07, 6.45) is 0. The molecule has 2 aromatic carbocycles. The van der Waals surface area contributed by atoms with Crippen LogP contribution in [0.25, 0.3) is 0 Å². The first-order valence-corrected chi connectivity index (χ1v) is 6.58. The first kappa shape index (κ1) is 15.0. The Morgan fingerprint density at radius 3 is 2.29 bits per heavy atom. The summed E-state index contributed by atoms with van der Waals surface area (Å²) >= 11 is 0. The summed E-state index contributed by atoms with van der Waals surface area (Å²) < 4.78 is 26.9. The Bertz CT molecular complexity index is 597. The number of halogens is 2. The number of nitrogens with one attached hydrogen (secondary N) is 1. The molecule has 0 bridgehead atoms. The number of carbonyl (C=O) groups excluding carboxylic acids is 1. The third-order valence-electron chi connectivity index (χ3n) is 3.12. The molecule has 3 nitrogen and oxygen atoms in total. The van der Waals surface area contributed by atoms with Gasteiger partial charge in [0.15, 0.2) is 0 Å². The zero-order valence-electron chi connectivity index (χ0n) is 11.6. The summed E-state index contributed by atoms with van der Waals surface area (Å²) in [5.74, 6) is -2.46. The molecule has 0 aromatic heterocycles. The molecule has 0 radical (unpaired) electrons. The van der Waals surface area contributed by atoms with Crippen LogP contribution in [0.5, 0.6) is 0 Å². The Hall–Kier alpha value is -2.43. The maximum atomic E-state index is 13.4. The second-order valence-electron chi connectivity index (χ2n) is 4.61. The fourth-order valence-electron chi connectivity index (χ4n) is 1.95. The second kappa shape index (κ2) is 6.83. The first-order valence-electron chi connectivity index (χ1n) is 6.58. The van der Waals surface area contributed by atoms with Crippen LogP contribution in [0, 0.1) is 11.6 Å². The van der Waals surface area contributed by atoms with Crippen LogP contribution in [0.4, 0.5) is 14.5 Å². The van der Waals surface area contributed by atoms with Gasteiger partial charge in [0.05, 0.1) is 0 Å². The van der Waals surface area contributed by atoms with Crippen LogP contribution in [0.15, 0.2) is 48.5 Å². The van der Waals surface area contributed by atoms with Gasteiger partial charge in [0, 0.05) is 25.8 Å². The average molecular weight is 290 g/mol. The molecule has 0 fully saturated rings. The highest BCUT2D eigenvalue weighted by atomic mass is 19.1. The van der Waals surface area contributed by atoms with Gasteiger partial charge in [-0.15, -0.1) is 0 Å². The summed E-state index contributed by atoms with van der Waals surface area (Å²) in [6.45, 7) is 0.823. The van der Waals surface area contributed by atoms with Crippen molar-refractivity contribution in [1.82, 2.24) is 5.32 Å². The maximum absolute atomic E-state index is 13.4. The average Bonchev–Trinajstić information content (AvgIpc) is 2.48. The van der Waals surface area contributed by atoms with E-state index in [2.05, 4.69) is 5.32 Å². The third-order valence-corrected chi connectivity index (χ3v) is 3.12. The van der Waals surface area contributed by atoms with Crippen LogP contribution in [0.2, 0.25) is 0 Å². The zero-order chi connectivity index (χ0) is 15.2. The van der Waals surface area contributed by atoms with Gasteiger partial charge in [0.25, 0.3) is 5.91 Å². The van der Waals surface area contributed by atoms with Gasteiger partial charge in [0.1, 0.15) is 17.2 Å². The monoisotopic (exact) mass is 290 g/mol. The predicted octanol–water partition coefficient (Wildman–Crippen LogP) is 2.83. The molecule has 1 amide bonds. The van der Waals surface area contributed by atoms with E-state index < -0.39 is 23.1 Å². The van der Waals surface area contributed by atoms with E-state index in [9.17, 15) is 13.6 Å². The lowest BCUT2D eigenvalue weighted by atomic mass is 10.2. The fraction of sp³-hybridized carbons (Fsp3) is 0.188. The third kappa shape index (κ3) is 3.78. The maximum Gasteiger partial charge on any atom is 0.257 e. The SMILES string of the molecule is CN(CCNC(=O)c1c(F)cccc1F)c1ccccc1. The summed E-state index contributed by atoms with van der Waals surface area (Å²) in [4.78, 5) is 13.7. The largest absolute Gasteiger partial charge is 0.373 e. The Labute approximate surface area is 122 Å². The quantitative estimate of drug-likeness (QED) is 0.918. The standard InChI is InChI=1S/C16H16F2N2O/c1-20(12-6-3-2-4-7-12)11-10-19-16(21)15-13(17)8-5-9-14(15)18/h2-9H,10-11H2,1H3,(H,19,21). The van der Waals surface area contributed by atoms with E-state index in [1.807, 2.05) is 42.3 Å². The van der Waals surface area contributed by atoms with Crippen molar-refractivity contribution in [2.45, 2.75) is 0 Å². The fourth-order valence-corrected chi connectivity index (χ4v) is 1.95. The lowest BCUT2D eigenvalue weighted by Gasteiger charge is -2.19. The van der Waals surface area contributed by atoms with E-state index in [0.717, 1.165) is 17.8 Å². The minimum atomic E-state index is -0.857. The van der Waals surface area contributed by atoms with E-state index in [-0.39, 0.29) is 6.54 Å². The molecule has 0 heterocycles. The topological polar surface area (TPSA) is 32.3 Å². The van der Waals surface area contributed by atoms with E-state index in [1.165, 1.54) is 6.07 Å². The van der Waals surface area contributed by atoms with Crippen molar-refractivity contribution < 1.29 is 13.6 Å². The smallest absolute Gasteiger partial charge is 0.257 e. The number of nitrogens with zero attached hydrogens (tertiary/aromatic N) is 1. The van der Waals surface area contributed by atoms with Crippen molar-refractivity contribution in [3.63, 3.8) is 0 Å². The highest BCUT2D eigenvalue weighted by molar-refractivity contribution is 5.94. The van der Waals surface area contributed by atoms with E-state index >= 15 is 0 Å². The molecule has 0 saturated heterocycles. The number of rotatable bonds is 5. The normalized spacial score (nSPS) is 10.2. The summed E-state index contributed by atoms with van der Waals surface area (Å²) in [7, 11) is 1.88. The summed E-state index contributed by atoms with van der Waals surface area (Å²) in [6, 6.07) is 13.0. The van der Waals surface area contributed by atoms with Crippen molar-refractivity contribution in [2.24, 2.45) is 0 Å². The molecule has 0 unspecified atom stereocenters. The minimum absolute atomic E-state index is 0.290. The molecular formula is C16H16F2N2O. The number of hydrogen-bond donors (Lipinski definition) is 1. The molecule has 0 saturated carbocycles. The van der Waals surface area contributed by atoms with Gasteiger partial charge in [-0.1, -0.05) is 24.3 Å². The Morgan fingerprint density at radius 1 is 1.05 bits per heavy atom. The summed E-state index contributed by atoms with van der Waals surface area (Å²) in [5, 5.41) is 2.52. The van der Waals surface area contributed by atoms with Crippen molar-refractivity contribution >= 4 is 11.6 Å². The molecule has 1 N–H and O–H groups in total. The number of amides is 1. The molecule has 0 aliphatic carbocycles. The van der Waals surface area contributed by atoms with Crippen molar-refractivity contribution in [1.29, 1.82) is 0 Å². The molecule has 2 aromatic rings. The Kier molecular flexibility index (Phi) is 4.87. The van der Waals surface area contributed by atoms with Crippen LogP contribution < -0.4 is 10.2 Å². The molecular weight excluding hydrogens is 274 g/mol. The molecule has 0 aliphatic heterocycles. The zero-order valence-corrected chi connectivity index (χ0v) is 11.6. The highest BCUT2D eigenvalue weighted by Crippen LogP contribution is 2.12. The van der Waals surface area contributed by atoms with Gasteiger partial charge >= 0.3 is 0 Å². The molecule has 0 atom stereocenters. The van der Waals surface area contributed by atoms with Gasteiger partial charge in [-0.25, -0.2) is 8.78 Å². The van der Waals surface area contributed by atoms with E-state index in [1.54, 1.807) is 0 Å². The molecule has 0 spiro atoms. The van der Waals surface area contributed by atoms with Crippen LogP contribution in [0.1, 0.15) is 10.4 Å². The van der Waals surface area contributed by atoms with Crippen molar-refractivity contribution in [3.05, 3.63) is 65.7 Å². The number of benzene rings is 2. The van der Waals surface area contributed by atoms with Gasteiger partial charge in [-0.2, -0.15) is 0 Å². The number of hydrogen-bond acceptors (Lipinski definition) is 2. The molecule has 21 heavy (non-hydrogen) atoms. The molecule has 5 heteroatoms. The van der Waals surface area contributed by atoms with Crippen LogP contribution in [-0.2, 0) is 0 Å². The molecule has 110 valence electrons. The van der Waals surface area contributed by atoms with E-state index in [4.69, 9.17) is 0 Å². The second-order valence-corrected chi connectivity index (χ2v) is 4.61. The van der Waals surface area contributed by atoms with Crippen LogP contribution >= 0.6 is 0 Å².